The SMILES string of the molecule is CCCc1cccc(C(CCN(CC)CC)NC)c1. The van der Waals surface area contributed by atoms with E-state index in [1.807, 2.05) is 0 Å². The fourth-order valence-corrected chi connectivity index (χ4v) is 2.58. The van der Waals surface area contributed by atoms with Gasteiger partial charge >= 0.3 is 0 Å². The molecule has 108 valence electrons. The summed E-state index contributed by atoms with van der Waals surface area (Å²) in [4.78, 5) is 2.49. The molecule has 0 fully saturated rings. The minimum absolute atomic E-state index is 0.470. The summed E-state index contributed by atoms with van der Waals surface area (Å²) in [6.07, 6.45) is 3.57. The van der Waals surface area contributed by atoms with Crippen molar-refractivity contribution in [3.8, 4) is 0 Å². The fourth-order valence-electron chi connectivity index (χ4n) is 2.58. The van der Waals surface area contributed by atoms with Gasteiger partial charge in [0.25, 0.3) is 0 Å². The number of benzene rings is 1. The molecule has 0 aliphatic carbocycles. The molecule has 0 saturated carbocycles. The van der Waals surface area contributed by atoms with Crippen LogP contribution in [0, 0.1) is 0 Å². The molecule has 1 aromatic carbocycles. The van der Waals surface area contributed by atoms with Gasteiger partial charge in [0.15, 0.2) is 0 Å². The lowest BCUT2D eigenvalue weighted by Crippen LogP contribution is -2.28. The van der Waals surface area contributed by atoms with Crippen LogP contribution in [-0.4, -0.2) is 31.6 Å². The van der Waals surface area contributed by atoms with Crippen LogP contribution in [0.1, 0.15) is 50.8 Å². The molecule has 1 atom stereocenters. The van der Waals surface area contributed by atoms with E-state index in [1.54, 1.807) is 0 Å². The van der Waals surface area contributed by atoms with E-state index in [1.165, 1.54) is 30.4 Å². The van der Waals surface area contributed by atoms with Crippen molar-refractivity contribution >= 4 is 0 Å². The maximum Gasteiger partial charge on any atom is 0.0329 e. The second-order valence-electron chi connectivity index (χ2n) is 5.15. The minimum Gasteiger partial charge on any atom is -0.313 e. The highest BCUT2D eigenvalue weighted by molar-refractivity contribution is 5.26. The summed E-state index contributed by atoms with van der Waals surface area (Å²) in [6, 6.07) is 9.53. The van der Waals surface area contributed by atoms with Crippen molar-refractivity contribution in [2.24, 2.45) is 0 Å². The molecular formula is C17H30N2. The lowest BCUT2D eigenvalue weighted by Gasteiger charge is -2.23. The van der Waals surface area contributed by atoms with Crippen molar-refractivity contribution in [1.29, 1.82) is 0 Å². The van der Waals surface area contributed by atoms with Crippen LogP contribution in [0.3, 0.4) is 0 Å². The molecule has 0 aromatic heterocycles. The summed E-state index contributed by atoms with van der Waals surface area (Å²) in [7, 11) is 2.07. The van der Waals surface area contributed by atoms with Crippen LogP contribution in [0.5, 0.6) is 0 Å². The maximum absolute atomic E-state index is 3.46. The van der Waals surface area contributed by atoms with Gasteiger partial charge < -0.3 is 10.2 Å². The van der Waals surface area contributed by atoms with E-state index < -0.39 is 0 Å². The first kappa shape index (κ1) is 16.2. The summed E-state index contributed by atoms with van der Waals surface area (Å²) < 4.78 is 0. The lowest BCUT2D eigenvalue weighted by atomic mass is 9.99. The molecule has 0 spiro atoms. The molecule has 0 heterocycles. The van der Waals surface area contributed by atoms with Gasteiger partial charge in [-0.3, -0.25) is 0 Å². The second-order valence-corrected chi connectivity index (χ2v) is 5.15. The lowest BCUT2D eigenvalue weighted by molar-refractivity contribution is 0.284. The minimum atomic E-state index is 0.470. The molecule has 2 nitrogen and oxygen atoms in total. The Morgan fingerprint density at radius 3 is 2.47 bits per heavy atom. The second kappa shape index (κ2) is 9.11. The molecule has 0 bridgehead atoms. The van der Waals surface area contributed by atoms with Crippen molar-refractivity contribution < 1.29 is 0 Å². The summed E-state index contributed by atoms with van der Waals surface area (Å²) >= 11 is 0. The van der Waals surface area contributed by atoms with Gasteiger partial charge in [-0.2, -0.15) is 0 Å². The van der Waals surface area contributed by atoms with E-state index in [4.69, 9.17) is 0 Å². The summed E-state index contributed by atoms with van der Waals surface area (Å²) in [5.74, 6) is 0. The van der Waals surface area contributed by atoms with Gasteiger partial charge in [0.05, 0.1) is 0 Å². The third kappa shape index (κ3) is 5.33. The van der Waals surface area contributed by atoms with Crippen LogP contribution in [0.15, 0.2) is 24.3 Å². The topological polar surface area (TPSA) is 15.3 Å². The highest BCUT2D eigenvalue weighted by Gasteiger charge is 2.11. The largest absolute Gasteiger partial charge is 0.313 e. The Kier molecular flexibility index (Phi) is 7.76. The zero-order valence-corrected chi connectivity index (χ0v) is 13.1. The maximum atomic E-state index is 3.46. The molecule has 2 heteroatoms. The Labute approximate surface area is 119 Å². The van der Waals surface area contributed by atoms with Crippen LogP contribution < -0.4 is 5.32 Å². The Bertz CT molecular complexity index is 345. The molecule has 0 aliphatic rings. The van der Waals surface area contributed by atoms with Crippen molar-refractivity contribution in [3.63, 3.8) is 0 Å². The third-order valence-corrected chi connectivity index (χ3v) is 3.87. The number of aryl methyl sites for hydroxylation is 1. The van der Waals surface area contributed by atoms with E-state index in [0.717, 1.165) is 19.6 Å². The van der Waals surface area contributed by atoms with Crippen LogP contribution in [0.4, 0.5) is 0 Å². The summed E-state index contributed by atoms with van der Waals surface area (Å²) in [5.41, 5.74) is 2.89. The van der Waals surface area contributed by atoms with Crippen molar-refractivity contribution in [3.05, 3.63) is 35.4 Å². The zero-order valence-electron chi connectivity index (χ0n) is 13.1. The quantitative estimate of drug-likeness (QED) is 0.731. The monoisotopic (exact) mass is 262 g/mol. The molecule has 0 aliphatic heterocycles. The van der Waals surface area contributed by atoms with Gasteiger partial charge in [0.1, 0.15) is 0 Å². The molecular weight excluding hydrogens is 232 g/mol. The van der Waals surface area contributed by atoms with Gasteiger partial charge in [-0.15, -0.1) is 0 Å². The van der Waals surface area contributed by atoms with Gasteiger partial charge in [-0.25, -0.2) is 0 Å². The van der Waals surface area contributed by atoms with Crippen molar-refractivity contribution in [1.82, 2.24) is 10.2 Å². The van der Waals surface area contributed by atoms with E-state index in [-0.39, 0.29) is 0 Å². The summed E-state index contributed by atoms with van der Waals surface area (Å²) in [5, 5.41) is 3.46. The zero-order chi connectivity index (χ0) is 14.1. The van der Waals surface area contributed by atoms with E-state index in [9.17, 15) is 0 Å². The molecule has 0 radical (unpaired) electrons. The van der Waals surface area contributed by atoms with Crippen molar-refractivity contribution in [2.45, 2.75) is 46.1 Å². The fraction of sp³-hybridized carbons (Fsp3) is 0.647. The average molecular weight is 262 g/mol. The molecule has 1 rings (SSSR count). The normalized spacial score (nSPS) is 12.9. The standard InChI is InChI=1S/C17H30N2/c1-5-9-15-10-8-11-16(14-15)17(18-4)12-13-19(6-2)7-3/h8,10-11,14,17-18H,5-7,9,12-13H2,1-4H3. The number of rotatable bonds is 9. The van der Waals surface area contributed by atoms with Gasteiger partial charge in [-0.1, -0.05) is 51.5 Å². The summed E-state index contributed by atoms with van der Waals surface area (Å²) in [6.45, 7) is 10.2. The van der Waals surface area contributed by atoms with Crippen LogP contribution in [0.2, 0.25) is 0 Å². The van der Waals surface area contributed by atoms with Crippen LogP contribution in [0.25, 0.3) is 0 Å². The number of nitrogens with one attached hydrogen (secondary N) is 1. The molecule has 1 N–H and O–H groups in total. The van der Waals surface area contributed by atoms with Gasteiger partial charge in [0.2, 0.25) is 0 Å². The molecule has 0 saturated heterocycles. The molecule has 0 amide bonds. The Balaban J connectivity index is 2.65. The first-order valence-corrected chi connectivity index (χ1v) is 7.73. The molecule has 1 aromatic rings. The predicted molar refractivity (Wildman–Crippen MR) is 84.6 cm³/mol. The Morgan fingerprint density at radius 2 is 1.89 bits per heavy atom. The molecule has 19 heavy (non-hydrogen) atoms. The van der Waals surface area contributed by atoms with Gasteiger partial charge in [-0.05, 0) is 50.7 Å². The first-order valence-electron chi connectivity index (χ1n) is 7.73. The predicted octanol–water partition coefficient (Wildman–Crippen LogP) is 3.63. The Hall–Kier alpha value is -0.860. The van der Waals surface area contributed by atoms with Gasteiger partial charge in [0, 0.05) is 6.04 Å². The van der Waals surface area contributed by atoms with E-state index >= 15 is 0 Å². The number of hydrogen-bond acceptors (Lipinski definition) is 2. The van der Waals surface area contributed by atoms with Crippen molar-refractivity contribution in [2.75, 3.05) is 26.7 Å². The first-order chi connectivity index (χ1) is 9.24. The highest BCUT2D eigenvalue weighted by Crippen LogP contribution is 2.19. The van der Waals surface area contributed by atoms with Crippen LogP contribution >= 0.6 is 0 Å². The van der Waals surface area contributed by atoms with E-state index in [2.05, 4.69) is 62.3 Å². The molecule has 1 unspecified atom stereocenters. The van der Waals surface area contributed by atoms with Crippen LogP contribution in [-0.2, 0) is 6.42 Å². The Morgan fingerprint density at radius 1 is 1.16 bits per heavy atom. The average Bonchev–Trinajstić information content (AvgIpc) is 2.44. The number of nitrogens with zero attached hydrogens (tertiary/aromatic N) is 1. The van der Waals surface area contributed by atoms with E-state index in [0.29, 0.717) is 6.04 Å². The smallest absolute Gasteiger partial charge is 0.0329 e. The third-order valence-electron chi connectivity index (χ3n) is 3.87. The highest BCUT2D eigenvalue weighted by atomic mass is 15.1. The number of hydrogen-bond donors (Lipinski definition) is 1.